The number of hydrogen-bond donors (Lipinski definition) is 0. The predicted octanol–water partition coefficient (Wildman–Crippen LogP) is 3.49. The molecule has 5 nitrogen and oxygen atoms in total. The lowest BCUT2D eigenvalue weighted by Gasteiger charge is -2.12. The van der Waals surface area contributed by atoms with Crippen LogP contribution >= 0.6 is 0 Å². The number of para-hydroxylation sites is 4. The minimum Gasteiger partial charge on any atom is -0.487 e. The highest BCUT2D eigenvalue weighted by molar-refractivity contribution is 5.40. The van der Waals surface area contributed by atoms with Gasteiger partial charge in [0.2, 0.25) is 0 Å². The zero-order valence-electron chi connectivity index (χ0n) is 14.1. The highest BCUT2D eigenvalue weighted by Crippen LogP contribution is 2.27. The second-order valence-corrected chi connectivity index (χ2v) is 5.30. The summed E-state index contributed by atoms with van der Waals surface area (Å²) in [5, 5.41) is 0. The third kappa shape index (κ3) is 5.43. The molecule has 2 aromatic carbocycles. The number of rotatable bonds is 0. The molecule has 1 aliphatic heterocycles. The average Bonchev–Trinajstić information content (AvgIpc) is 2.65. The molecule has 0 N–H and O–H groups in total. The molecule has 0 fully saturated rings. The highest BCUT2D eigenvalue weighted by atomic mass is 16.6. The summed E-state index contributed by atoms with van der Waals surface area (Å²) < 4.78 is 28.5. The van der Waals surface area contributed by atoms with Crippen molar-refractivity contribution < 1.29 is 23.7 Å². The van der Waals surface area contributed by atoms with Gasteiger partial charge in [-0.25, -0.2) is 0 Å². The Bertz CT molecular complexity index is 626. The van der Waals surface area contributed by atoms with Gasteiger partial charge in [-0.15, -0.1) is 0 Å². The maximum atomic E-state index is 5.75. The van der Waals surface area contributed by atoms with E-state index < -0.39 is 0 Å². The lowest BCUT2D eigenvalue weighted by atomic mass is 10.3. The molecule has 132 valence electrons. The maximum absolute atomic E-state index is 5.75. The minimum absolute atomic E-state index is 0.443. The van der Waals surface area contributed by atoms with Crippen LogP contribution in [0.3, 0.4) is 0 Å². The summed E-state index contributed by atoms with van der Waals surface area (Å²) in [4.78, 5) is 0. The number of ether oxygens (including phenoxy) is 5. The van der Waals surface area contributed by atoms with Gasteiger partial charge in [0.05, 0.1) is 13.2 Å². The highest BCUT2D eigenvalue weighted by Gasteiger charge is 2.05. The monoisotopic (exact) mass is 342 g/mol. The Labute approximate surface area is 147 Å². The molecule has 0 spiro atoms. The van der Waals surface area contributed by atoms with E-state index in [-0.39, 0.29) is 0 Å². The van der Waals surface area contributed by atoms with Crippen LogP contribution in [0.4, 0.5) is 0 Å². The summed E-state index contributed by atoms with van der Waals surface area (Å²) in [5.41, 5.74) is 0. The van der Waals surface area contributed by atoms with Crippen molar-refractivity contribution in [2.75, 3.05) is 39.6 Å². The molecule has 1 aliphatic rings. The van der Waals surface area contributed by atoms with Crippen LogP contribution in [0.5, 0.6) is 23.0 Å². The molecule has 0 saturated carbocycles. The van der Waals surface area contributed by atoms with Gasteiger partial charge in [-0.1, -0.05) is 24.3 Å². The van der Waals surface area contributed by atoms with Crippen molar-refractivity contribution >= 4 is 0 Å². The van der Waals surface area contributed by atoms with Gasteiger partial charge in [0.1, 0.15) is 26.4 Å². The maximum Gasteiger partial charge on any atom is 0.161 e. The van der Waals surface area contributed by atoms with Gasteiger partial charge in [-0.2, -0.15) is 0 Å². The lowest BCUT2D eigenvalue weighted by molar-refractivity contribution is 0.0749. The van der Waals surface area contributed by atoms with Crippen molar-refractivity contribution in [3.63, 3.8) is 0 Å². The van der Waals surface area contributed by atoms with Gasteiger partial charge >= 0.3 is 0 Å². The average molecular weight is 342 g/mol. The fraction of sp³-hybridized carbons (Fsp3) is 0.300. The topological polar surface area (TPSA) is 46.2 Å². The first-order chi connectivity index (χ1) is 12.4. The van der Waals surface area contributed by atoms with Crippen molar-refractivity contribution in [3.8, 4) is 23.0 Å². The molecule has 25 heavy (non-hydrogen) atoms. The van der Waals surface area contributed by atoms with Gasteiger partial charge < -0.3 is 23.7 Å². The van der Waals surface area contributed by atoms with E-state index in [1.165, 1.54) is 0 Å². The van der Waals surface area contributed by atoms with Gasteiger partial charge in [0, 0.05) is 0 Å². The van der Waals surface area contributed by atoms with Crippen LogP contribution in [0.1, 0.15) is 0 Å². The molecule has 2 aromatic rings. The zero-order valence-corrected chi connectivity index (χ0v) is 14.1. The fourth-order valence-electron chi connectivity index (χ4n) is 2.31. The van der Waals surface area contributed by atoms with E-state index in [9.17, 15) is 0 Å². The number of benzene rings is 2. The second kappa shape index (κ2) is 9.59. The molecule has 5 heteroatoms. The summed E-state index contributed by atoms with van der Waals surface area (Å²) in [5.74, 6) is 2.85. The first-order valence-corrected chi connectivity index (χ1v) is 8.35. The standard InChI is InChI=1S/C20H22O5/c1-3-9-19-17(7-1)22-11-5-6-12-23-18-8-2-4-10-20(18)25-16-14-21-13-15-24-19/h1-10H,11-16H2/b6-5+. The van der Waals surface area contributed by atoms with E-state index in [0.717, 1.165) is 0 Å². The zero-order chi connectivity index (χ0) is 17.2. The molecule has 3 rings (SSSR count). The van der Waals surface area contributed by atoms with Crippen molar-refractivity contribution in [1.82, 2.24) is 0 Å². The van der Waals surface area contributed by atoms with Gasteiger partial charge in [0.15, 0.2) is 23.0 Å². The molecule has 1 heterocycles. The van der Waals surface area contributed by atoms with E-state index in [1.807, 2.05) is 60.7 Å². The molecule has 0 bridgehead atoms. The van der Waals surface area contributed by atoms with Gasteiger partial charge in [-0.05, 0) is 36.4 Å². The summed E-state index contributed by atoms with van der Waals surface area (Å²) >= 11 is 0. The summed E-state index contributed by atoms with van der Waals surface area (Å²) in [6.45, 7) is 2.76. The Morgan fingerprint density at radius 2 is 0.880 bits per heavy atom. The number of fused-ring (bicyclic) bond motifs is 2. The quantitative estimate of drug-likeness (QED) is 0.686. The SMILES string of the molecule is C1=C/COc2ccccc2OCCOCCOc2ccccc2OC/1. The van der Waals surface area contributed by atoms with Crippen molar-refractivity contribution in [2.45, 2.75) is 0 Å². The first kappa shape index (κ1) is 17.2. The van der Waals surface area contributed by atoms with E-state index in [0.29, 0.717) is 62.6 Å². The van der Waals surface area contributed by atoms with Gasteiger partial charge in [-0.3, -0.25) is 0 Å². The van der Waals surface area contributed by atoms with Crippen LogP contribution in [0, 0.1) is 0 Å². The largest absolute Gasteiger partial charge is 0.487 e. The molecule has 0 radical (unpaired) electrons. The van der Waals surface area contributed by atoms with Crippen LogP contribution in [-0.4, -0.2) is 39.6 Å². The van der Waals surface area contributed by atoms with Crippen LogP contribution in [0.25, 0.3) is 0 Å². The Morgan fingerprint density at radius 3 is 1.32 bits per heavy atom. The minimum atomic E-state index is 0.443. The first-order valence-electron chi connectivity index (χ1n) is 8.35. The molecule has 0 saturated heterocycles. The Kier molecular flexibility index (Phi) is 6.59. The molecule has 0 aromatic heterocycles. The van der Waals surface area contributed by atoms with Crippen molar-refractivity contribution in [2.24, 2.45) is 0 Å². The Balaban J connectivity index is 1.64. The normalized spacial score (nSPS) is 17.3. The van der Waals surface area contributed by atoms with Crippen molar-refractivity contribution in [1.29, 1.82) is 0 Å². The third-order valence-corrected chi connectivity index (χ3v) is 3.51. The summed E-state index contributed by atoms with van der Waals surface area (Å²) in [7, 11) is 0. The molecular formula is C20H22O5. The van der Waals surface area contributed by atoms with Crippen LogP contribution in [-0.2, 0) is 4.74 Å². The molecule has 0 atom stereocenters. The Hall–Kier alpha value is -2.66. The van der Waals surface area contributed by atoms with E-state index in [2.05, 4.69) is 0 Å². The molecular weight excluding hydrogens is 320 g/mol. The van der Waals surface area contributed by atoms with E-state index in [4.69, 9.17) is 23.7 Å². The van der Waals surface area contributed by atoms with Crippen molar-refractivity contribution in [3.05, 3.63) is 60.7 Å². The summed E-state index contributed by atoms with van der Waals surface area (Å²) in [6, 6.07) is 15.2. The Morgan fingerprint density at radius 1 is 0.480 bits per heavy atom. The van der Waals surface area contributed by atoms with Crippen LogP contribution in [0.2, 0.25) is 0 Å². The third-order valence-electron chi connectivity index (χ3n) is 3.51. The van der Waals surface area contributed by atoms with E-state index >= 15 is 0 Å². The fourth-order valence-corrected chi connectivity index (χ4v) is 2.31. The van der Waals surface area contributed by atoms with Crippen LogP contribution < -0.4 is 18.9 Å². The smallest absolute Gasteiger partial charge is 0.161 e. The van der Waals surface area contributed by atoms with Crippen LogP contribution in [0.15, 0.2) is 60.7 Å². The second-order valence-electron chi connectivity index (χ2n) is 5.30. The molecule has 0 unspecified atom stereocenters. The summed E-state index contributed by atoms with van der Waals surface area (Å²) in [6.07, 6.45) is 3.84. The van der Waals surface area contributed by atoms with Gasteiger partial charge in [0.25, 0.3) is 0 Å². The molecule has 0 aliphatic carbocycles. The predicted molar refractivity (Wildman–Crippen MR) is 94.8 cm³/mol. The molecule has 0 amide bonds. The van der Waals surface area contributed by atoms with E-state index in [1.54, 1.807) is 0 Å². The number of hydrogen-bond acceptors (Lipinski definition) is 5. The lowest BCUT2D eigenvalue weighted by Crippen LogP contribution is -2.12.